The fourth-order valence-corrected chi connectivity index (χ4v) is 3.07. The van der Waals surface area contributed by atoms with Crippen molar-refractivity contribution in [3.8, 4) is 11.1 Å². The quantitative estimate of drug-likeness (QED) is 0.891. The monoisotopic (exact) mass is 305 g/mol. The van der Waals surface area contributed by atoms with E-state index in [0.29, 0.717) is 23.5 Å². The van der Waals surface area contributed by atoms with Crippen molar-refractivity contribution in [1.82, 2.24) is 5.32 Å². The summed E-state index contributed by atoms with van der Waals surface area (Å²) in [4.78, 5) is 0. The van der Waals surface area contributed by atoms with E-state index in [1.807, 2.05) is 0 Å². The van der Waals surface area contributed by atoms with Crippen molar-refractivity contribution in [1.29, 1.82) is 0 Å². The summed E-state index contributed by atoms with van der Waals surface area (Å²) in [7, 11) is 0. The first-order valence-electron chi connectivity index (χ1n) is 7.52. The summed E-state index contributed by atoms with van der Waals surface area (Å²) >= 11 is 0. The molecule has 1 aliphatic heterocycles. The largest absolute Gasteiger partial charge is 0.313 e. The molecule has 2 atom stereocenters. The van der Waals surface area contributed by atoms with E-state index in [2.05, 4.69) is 12.2 Å². The minimum absolute atomic E-state index is 0.111. The molecule has 22 heavy (non-hydrogen) atoms. The molecule has 0 aliphatic carbocycles. The van der Waals surface area contributed by atoms with E-state index in [1.165, 1.54) is 24.3 Å². The highest BCUT2D eigenvalue weighted by Crippen LogP contribution is 2.29. The average Bonchev–Trinajstić information content (AvgIpc) is 2.88. The molecule has 1 aliphatic rings. The molecule has 2 unspecified atom stereocenters. The number of benzene rings is 2. The first kappa shape index (κ1) is 15.1. The fourth-order valence-electron chi connectivity index (χ4n) is 3.07. The van der Waals surface area contributed by atoms with E-state index >= 15 is 0 Å². The van der Waals surface area contributed by atoms with Gasteiger partial charge in [-0.3, -0.25) is 0 Å². The lowest BCUT2D eigenvalue weighted by Crippen LogP contribution is -2.28. The molecule has 3 rings (SSSR count). The maximum Gasteiger partial charge on any atom is 0.134 e. The maximum absolute atomic E-state index is 14.7. The summed E-state index contributed by atoms with van der Waals surface area (Å²) in [5.41, 5.74) is 0.802. The summed E-state index contributed by atoms with van der Waals surface area (Å²) < 4.78 is 42.0. The van der Waals surface area contributed by atoms with Gasteiger partial charge in [0.15, 0.2) is 0 Å². The van der Waals surface area contributed by atoms with Crippen LogP contribution >= 0.6 is 0 Å². The van der Waals surface area contributed by atoms with Gasteiger partial charge in [0.2, 0.25) is 0 Å². The van der Waals surface area contributed by atoms with Crippen LogP contribution in [0.2, 0.25) is 0 Å². The molecule has 0 bridgehead atoms. The Morgan fingerprint density at radius 1 is 1.09 bits per heavy atom. The predicted octanol–water partition coefficient (Wildman–Crippen LogP) is 4.31. The molecule has 1 heterocycles. The third kappa shape index (κ3) is 3.02. The molecule has 0 radical (unpaired) electrons. The number of halogens is 3. The molecule has 0 amide bonds. The van der Waals surface area contributed by atoms with Crippen molar-refractivity contribution < 1.29 is 13.2 Å². The van der Waals surface area contributed by atoms with Crippen molar-refractivity contribution in [3.63, 3.8) is 0 Å². The molecule has 1 N–H and O–H groups in total. The Morgan fingerprint density at radius 2 is 1.91 bits per heavy atom. The molecule has 4 heteroatoms. The van der Waals surface area contributed by atoms with Crippen LogP contribution in [-0.4, -0.2) is 12.6 Å². The first-order chi connectivity index (χ1) is 10.5. The zero-order chi connectivity index (χ0) is 15.7. The third-order valence-electron chi connectivity index (χ3n) is 4.38. The van der Waals surface area contributed by atoms with Crippen molar-refractivity contribution in [2.24, 2.45) is 5.92 Å². The lowest BCUT2D eigenvalue weighted by Gasteiger charge is -2.17. The van der Waals surface area contributed by atoms with E-state index in [4.69, 9.17) is 0 Å². The summed E-state index contributed by atoms with van der Waals surface area (Å²) in [5, 5.41) is 3.32. The van der Waals surface area contributed by atoms with Crippen LogP contribution in [0.25, 0.3) is 11.1 Å². The summed E-state index contributed by atoms with van der Waals surface area (Å²) in [6.45, 7) is 3.01. The minimum atomic E-state index is -0.499. The smallest absolute Gasteiger partial charge is 0.134 e. The van der Waals surface area contributed by atoms with Crippen LogP contribution in [-0.2, 0) is 6.42 Å². The zero-order valence-electron chi connectivity index (χ0n) is 12.4. The van der Waals surface area contributed by atoms with Crippen molar-refractivity contribution in [2.45, 2.75) is 25.8 Å². The van der Waals surface area contributed by atoms with Crippen molar-refractivity contribution >= 4 is 0 Å². The molecule has 1 nitrogen and oxygen atoms in total. The predicted molar refractivity (Wildman–Crippen MR) is 81.0 cm³/mol. The van der Waals surface area contributed by atoms with Gasteiger partial charge in [-0.1, -0.05) is 19.1 Å². The SMILES string of the molecule is CC1CCNC1Cc1cc(F)cc(-c2cccc(F)c2)c1F. The molecule has 2 aromatic rings. The second-order valence-electron chi connectivity index (χ2n) is 5.97. The van der Waals surface area contributed by atoms with Gasteiger partial charge in [0.1, 0.15) is 17.5 Å². The van der Waals surface area contributed by atoms with Gasteiger partial charge in [0, 0.05) is 11.6 Å². The third-order valence-corrected chi connectivity index (χ3v) is 4.38. The summed E-state index contributed by atoms with van der Waals surface area (Å²) in [5.74, 6) is -0.997. The zero-order valence-corrected chi connectivity index (χ0v) is 12.4. The Balaban J connectivity index is 1.98. The molecular weight excluding hydrogens is 287 g/mol. The highest BCUT2D eigenvalue weighted by molar-refractivity contribution is 5.65. The fraction of sp³-hybridized carbons (Fsp3) is 0.333. The minimum Gasteiger partial charge on any atom is -0.313 e. The van der Waals surface area contributed by atoms with Gasteiger partial charge in [-0.25, -0.2) is 13.2 Å². The second kappa shape index (κ2) is 6.13. The molecule has 0 saturated carbocycles. The Morgan fingerprint density at radius 3 is 2.59 bits per heavy atom. The van der Waals surface area contributed by atoms with E-state index in [9.17, 15) is 13.2 Å². The molecular formula is C18H18F3N. The van der Waals surface area contributed by atoms with E-state index in [-0.39, 0.29) is 11.6 Å². The van der Waals surface area contributed by atoms with Crippen LogP contribution in [0, 0.1) is 23.4 Å². The van der Waals surface area contributed by atoms with Gasteiger partial charge in [0.05, 0.1) is 0 Å². The lowest BCUT2D eigenvalue weighted by atomic mass is 9.93. The van der Waals surface area contributed by atoms with Gasteiger partial charge >= 0.3 is 0 Å². The molecule has 1 saturated heterocycles. The molecule has 116 valence electrons. The van der Waals surface area contributed by atoms with Gasteiger partial charge in [-0.15, -0.1) is 0 Å². The van der Waals surface area contributed by atoms with E-state index in [1.54, 1.807) is 6.07 Å². The van der Waals surface area contributed by atoms with Gasteiger partial charge in [-0.2, -0.15) is 0 Å². The number of nitrogens with one attached hydrogen (secondary N) is 1. The Hall–Kier alpha value is -1.81. The van der Waals surface area contributed by atoms with Crippen molar-refractivity contribution in [3.05, 3.63) is 59.4 Å². The first-order valence-corrected chi connectivity index (χ1v) is 7.52. The average molecular weight is 305 g/mol. The van der Waals surface area contributed by atoms with Gasteiger partial charge in [0.25, 0.3) is 0 Å². The van der Waals surface area contributed by atoms with Crippen LogP contribution < -0.4 is 5.32 Å². The van der Waals surface area contributed by atoms with E-state index in [0.717, 1.165) is 19.0 Å². The number of rotatable bonds is 3. The molecule has 2 aromatic carbocycles. The van der Waals surface area contributed by atoms with Crippen molar-refractivity contribution in [2.75, 3.05) is 6.54 Å². The van der Waals surface area contributed by atoms with Crippen LogP contribution in [0.5, 0.6) is 0 Å². The highest BCUT2D eigenvalue weighted by Gasteiger charge is 2.25. The van der Waals surface area contributed by atoms with Gasteiger partial charge < -0.3 is 5.32 Å². The Labute approximate surface area is 128 Å². The Kier molecular flexibility index (Phi) is 4.21. The van der Waals surface area contributed by atoms with Crippen LogP contribution in [0.3, 0.4) is 0 Å². The second-order valence-corrected chi connectivity index (χ2v) is 5.97. The number of hydrogen-bond acceptors (Lipinski definition) is 1. The van der Waals surface area contributed by atoms with Crippen LogP contribution in [0.15, 0.2) is 36.4 Å². The van der Waals surface area contributed by atoms with Crippen LogP contribution in [0.4, 0.5) is 13.2 Å². The number of hydrogen-bond donors (Lipinski definition) is 1. The maximum atomic E-state index is 14.7. The Bertz CT molecular complexity index is 684. The lowest BCUT2D eigenvalue weighted by molar-refractivity contribution is 0.468. The van der Waals surface area contributed by atoms with Crippen LogP contribution in [0.1, 0.15) is 18.9 Å². The summed E-state index contributed by atoms with van der Waals surface area (Å²) in [6.07, 6.45) is 1.48. The molecule has 0 spiro atoms. The van der Waals surface area contributed by atoms with E-state index < -0.39 is 17.5 Å². The van der Waals surface area contributed by atoms with Gasteiger partial charge in [-0.05, 0) is 60.7 Å². The standard InChI is InChI=1S/C18H18F3N/c1-11-5-6-22-17(11)9-13-8-15(20)10-16(18(13)21)12-3-2-4-14(19)7-12/h2-4,7-8,10-11,17,22H,5-6,9H2,1H3. The highest BCUT2D eigenvalue weighted by atomic mass is 19.1. The topological polar surface area (TPSA) is 12.0 Å². The molecule has 0 aromatic heterocycles. The molecule has 1 fully saturated rings. The summed E-state index contributed by atoms with van der Waals surface area (Å²) in [6, 6.07) is 8.10. The normalized spacial score (nSPS) is 21.3.